The molecule has 1 heterocycles. The van der Waals surface area contributed by atoms with Gasteiger partial charge in [-0.15, -0.1) is 10.2 Å². The summed E-state index contributed by atoms with van der Waals surface area (Å²) in [5.74, 6) is 0.706. The van der Waals surface area contributed by atoms with Gasteiger partial charge in [0.15, 0.2) is 0 Å². The van der Waals surface area contributed by atoms with Crippen molar-refractivity contribution in [1.29, 1.82) is 0 Å². The van der Waals surface area contributed by atoms with E-state index in [0.29, 0.717) is 5.92 Å². The Bertz CT molecular complexity index is 404. The average molecular weight is 218 g/mol. The van der Waals surface area contributed by atoms with Crippen LogP contribution in [0.25, 0.3) is 10.6 Å². The molecule has 15 heavy (non-hydrogen) atoms. The maximum Gasteiger partial charge on any atom is 0.147 e. The van der Waals surface area contributed by atoms with Crippen LogP contribution in [0.5, 0.6) is 0 Å². The van der Waals surface area contributed by atoms with Crippen molar-refractivity contribution in [3.05, 3.63) is 35.3 Å². The third-order valence-corrected chi connectivity index (χ3v) is 2.95. The maximum absolute atomic E-state index is 4.05. The summed E-state index contributed by atoms with van der Waals surface area (Å²) in [6.45, 7) is 4.47. The molecule has 0 amide bonds. The van der Waals surface area contributed by atoms with Crippen molar-refractivity contribution in [2.75, 3.05) is 0 Å². The largest absolute Gasteiger partial charge is 0.147 e. The molecular weight excluding hydrogens is 204 g/mol. The lowest BCUT2D eigenvalue weighted by atomic mass is 10.0. The first-order valence-corrected chi connectivity index (χ1v) is 5.99. The number of rotatable bonds is 3. The highest BCUT2D eigenvalue weighted by molar-refractivity contribution is 7.12. The number of benzene rings is 1. The Morgan fingerprint density at radius 2 is 1.93 bits per heavy atom. The van der Waals surface area contributed by atoms with Gasteiger partial charge < -0.3 is 0 Å². The summed E-state index contributed by atoms with van der Waals surface area (Å²) >= 11 is 1.57. The summed E-state index contributed by atoms with van der Waals surface area (Å²) in [5, 5.41) is 8.88. The summed E-state index contributed by atoms with van der Waals surface area (Å²) < 4.78 is 0. The molecule has 0 spiro atoms. The van der Waals surface area contributed by atoms with Crippen LogP contribution in [0.2, 0.25) is 0 Å². The molecule has 1 aromatic carbocycles. The Balaban J connectivity index is 2.17. The zero-order valence-electron chi connectivity index (χ0n) is 8.97. The van der Waals surface area contributed by atoms with E-state index in [0.717, 1.165) is 17.0 Å². The Kier molecular flexibility index (Phi) is 3.11. The first-order chi connectivity index (χ1) is 7.25. The molecule has 3 heteroatoms. The normalized spacial score (nSPS) is 10.9. The minimum Gasteiger partial charge on any atom is -0.147 e. The average Bonchev–Trinajstić information content (AvgIpc) is 2.71. The van der Waals surface area contributed by atoms with Gasteiger partial charge in [-0.1, -0.05) is 49.4 Å². The van der Waals surface area contributed by atoms with Crippen LogP contribution in [0.3, 0.4) is 0 Å². The van der Waals surface area contributed by atoms with Gasteiger partial charge in [0.25, 0.3) is 0 Å². The summed E-state index contributed by atoms with van der Waals surface area (Å²) in [7, 11) is 0. The molecule has 0 unspecified atom stereocenters. The molecule has 0 aliphatic carbocycles. The Hall–Kier alpha value is -1.22. The zero-order valence-corrected chi connectivity index (χ0v) is 9.79. The quantitative estimate of drug-likeness (QED) is 0.789. The summed E-state index contributed by atoms with van der Waals surface area (Å²) in [6.07, 6.45) is 1.14. The van der Waals surface area contributed by atoms with Crippen LogP contribution in [-0.2, 0) is 6.42 Å². The van der Waals surface area contributed by atoms with E-state index in [9.17, 15) is 0 Å². The van der Waals surface area contributed by atoms with Crippen LogP contribution < -0.4 is 0 Å². The van der Waals surface area contributed by atoms with Crippen LogP contribution >= 0.6 is 11.3 Å². The molecule has 0 aliphatic heterocycles. The van der Waals surface area contributed by atoms with Gasteiger partial charge in [-0.2, -0.15) is 0 Å². The molecule has 0 radical (unpaired) electrons. The van der Waals surface area contributed by atoms with Gasteiger partial charge in [0.05, 0.1) is 0 Å². The van der Waals surface area contributed by atoms with Gasteiger partial charge in [0, 0.05) is 5.56 Å². The van der Waals surface area contributed by atoms with E-state index in [1.165, 1.54) is 5.56 Å². The third-order valence-electron chi connectivity index (χ3n) is 2.20. The SMILES string of the molecule is CC(C)Cc1ccc(-c2nncs2)cc1. The lowest BCUT2D eigenvalue weighted by molar-refractivity contribution is 0.647. The third kappa shape index (κ3) is 2.63. The van der Waals surface area contributed by atoms with Crippen LogP contribution in [-0.4, -0.2) is 10.2 Å². The molecule has 2 aromatic rings. The number of hydrogen-bond acceptors (Lipinski definition) is 3. The molecule has 0 fully saturated rings. The van der Waals surface area contributed by atoms with E-state index in [-0.39, 0.29) is 0 Å². The minimum atomic E-state index is 0.706. The van der Waals surface area contributed by atoms with Gasteiger partial charge in [0.1, 0.15) is 10.5 Å². The van der Waals surface area contributed by atoms with E-state index in [4.69, 9.17) is 0 Å². The van der Waals surface area contributed by atoms with Gasteiger partial charge in [-0.25, -0.2) is 0 Å². The summed E-state index contributed by atoms with van der Waals surface area (Å²) in [5.41, 5.74) is 4.31. The standard InChI is InChI=1S/C12H14N2S/c1-9(2)7-10-3-5-11(6-4-10)12-14-13-8-15-12/h3-6,8-9H,7H2,1-2H3. The monoisotopic (exact) mass is 218 g/mol. The van der Waals surface area contributed by atoms with Crippen molar-refractivity contribution in [3.8, 4) is 10.6 Å². The Morgan fingerprint density at radius 1 is 1.20 bits per heavy atom. The molecule has 0 aliphatic rings. The van der Waals surface area contributed by atoms with E-state index in [1.807, 2.05) is 0 Å². The molecule has 0 N–H and O–H groups in total. The van der Waals surface area contributed by atoms with E-state index in [1.54, 1.807) is 16.8 Å². The highest BCUT2D eigenvalue weighted by Crippen LogP contribution is 2.21. The smallest absolute Gasteiger partial charge is 0.147 e. The maximum atomic E-state index is 4.05. The van der Waals surface area contributed by atoms with Gasteiger partial charge >= 0.3 is 0 Å². The fourth-order valence-electron chi connectivity index (χ4n) is 1.55. The Morgan fingerprint density at radius 3 is 2.47 bits per heavy atom. The van der Waals surface area contributed by atoms with Crippen molar-refractivity contribution < 1.29 is 0 Å². The minimum absolute atomic E-state index is 0.706. The first-order valence-electron chi connectivity index (χ1n) is 5.11. The molecule has 0 bridgehead atoms. The second-order valence-corrected chi connectivity index (χ2v) is 4.87. The molecular formula is C12H14N2S. The fourth-order valence-corrected chi connectivity index (χ4v) is 2.11. The van der Waals surface area contributed by atoms with Crippen molar-refractivity contribution in [1.82, 2.24) is 10.2 Å². The lowest BCUT2D eigenvalue weighted by Gasteiger charge is -2.04. The first kappa shape index (κ1) is 10.3. The second-order valence-electron chi connectivity index (χ2n) is 4.04. The van der Waals surface area contributed by atoms with Crippen LogP contribution in [0, 0.1) is 5.92 Å². The molecule has 78 valence electrons. The molecule has 2 nitrogen and oxygen atoms in total. The number of nitrogens with zero attached hydrogens (tertiary/aromatic N) is 2. The lowest BCUT2D eigenvalue weighted by Crippen LogP contribution is -1.93. The highest BCUT2D eigenvalue weighted by atomic mass is 32.1. The van der Waals surface area contributed by atoms with E-state index < -0.39 is 0 Å². The van der Waals surface area contributed by atoms with E-state index in [2.05, 4.69) is 48.3 Å². The topological polar surface area (TPSA) is 25.8 Å². The molecule has 0 saturated carbocycles. The fraction of sp³-hybridized carbons (Fsp3) is 0.333. The molecule has 0 saturated heterocycles. The van der Waals surface area contributed by atoms with Crippen molar-refractivity contribution in [2.45, 2.75) is 20.3 Å². The molecule has 2 rings (SSSR count). The highest BCUT2D eigenvalue weighted by Gasteiger charge is 2.02. The predicted molar refractivity (Wildman–Crippen MR) is 63.9 cm³/mol. The summed E-state index contributed by atoms with van der Waals surface area (Å²) in [4.78, 5) is 0. The van der Waals surface area contributed by atoms with Crippen LogP contribution in [0.15, 0.2) is 29.8 Å². The van der Waals surface area contributed by atoms with Gasteiger partial charge in [-0.05, 0) is 17.9 Å². The second kappa shape index (κ2) is 4.53. The van der Waals surface area contributed by atoms with Crippen molar-refractivity contribution in [3.63, 3.8) is 0 Å². The predicted octanol–water partition coefficient (Wildman–Crippen LogP) is 3.40. The summed E-state index contributed by atoms with van der Waals surface area (Å²) in [6, 6.07) is 8.60. The number of hydrogen-bond donors (Lipinski definition) is 0. The zero-order chi connectivity index (χ0) is 10.7. The van der Waals surface area contributed by atoms with Gasteiger partial charge in [-0.3, -0.25) is 0 Å². The van der Waals surface area contributed by atoms with Gasteiger partial charge in [0.2, 0.25) is 0 Å². The molecule has 1 aromatic heterocycles. The Labute approximate surface area is 94.0 Å². The van der Waals surface area contributed by atoms with E-state index >= 15 is 0 Å². The molecule has 0 atom stereocenters. The van der Waals surface area contributed by atoms with Crippen molar-refractivity contribution >= 4 is 11.3 Å². The van der Waals surface area contributed by atoms with Crippen molar-refractivity contribution in [2.24, 2.45) is 5.92 Å². The van der Waals surface area contributed by atoms with Crippen LogP contribution in [0.1, 0.15) is 19.4 Å². The number of aromatic nitrogens is 2. The van der Waals surface area contributed by atoms with Crippen LogP contribution in [0.4, 0.5) is 0 Å².